The number of rotatable bonds is 6. The normalized spacial score (nSPS) is 10.9. The van der Waals surface area contributed by atoms with Gasteiger partial charge in [-0.3, -0.25) is 0 Å². The molecule has 0 atom stereocenters. The first kappa shape index (κ1) is 16.4. The van der Waals surface area contributed by atoms with Crippen molar-refractivity contribution in [3.63, 3.8) is 0 Å². The maximum Gasteiger partial charge on any atom is 0.124 e. The van der Waals surface area contributed by atoms with Crippen LogP contribution in [0.2, 0.25) is 0 Å². The van der Waals surface area contributed by atoms with Crippen molar-refractivity contribution in [3.05, 3.63) is 76.6 Å². The Morgan fingerprint density at radius 2 is 1.87 bits per heavy atom. The number of benzene rings is 2. The second-order valence-corrected chi connectivity index (χ2v) is 5.15. The summed E-state index contributed by atoms with van der Waals surface area (Å²) >= 11 is 0. The highest BCUT2D eigenvalue weighted by Gasteiger charge is 2.05. The van der Waals surface area contributed by atoms with Crippen molar-refractivity contribution in [2.75, 3.05) is 7.05 Å². The van der Waals surface area contributed by atoms with Crippen molar-refractivity contribution in [3.8, 4) is 6.07 Å². The summed E-state index contributed by atoms with van der Waals surface area (Å²) in [6.07, 6.45) is 4.25. The third kappa shape index (κ3) is 4.52. The monoisotopic (exact) mass is 307 g/mol. The Hall–Kier alpha value is -2.93. The van der Waals surface area contributed by atoms with E-state index in [2.05, 4.69) is 11.4 Å². The second kappa shape index (κ2) is 7.90. The van der Waals surface area contributed by atoms with Gasteiger partial charge in [0.05, 0.1) is 11.6 Å². The molecule has 0 aliphatic heterocycles. The molecule has 23 heavy (non-hydrogen) atoms. The molecule has 0 amide bonds. The van der Waals surface area contributed by atoms with Gasteiger partial charge < -0.3 is 10.7 Å². The Bertz CT molecular complexity index is 755. The molecule has 2 N–H and O–H groups in total. The van der Waals surface area contributed by atoms with Crippen LogP contribution in [0.1, 0.15) is 22.3 Å². The zero-order valence-corrected chi connectivity index (χ0v) is 12.9. The molecule has 0 aliphatic rings. The largest absolute Gasteiger partial charge is 0.388 e. The van der Waals surface area contributed by atoms with Gasteiger partial charge in [-0.05, 0) is 60.4 Å². The van der Waals surface area contributed by atoms with E-state index in [1.54, 1.807) is 25.3 Å². The van der Waals surface area contributed by atoms with E-state index >= 15 is 0 Å². The fraction of sp³-hybridized carbons (Fsp3) is 0.158. The highest BCUT2D eigenvalue weighted by Crippen LogP contribution is 2.17. The van der Waals surface area contributed by atoms with Crippen LogP contribution in [0.4, 0.5) is 4.39 Å². The summed E-state index contributed by atoms with van der Waals surface area (Å²) in [4.78, 5) is 0. The maximum absolute atomic E-state index is 13.8. The molecule has 0 radical (unpaired) electrons. The summed E-state index contributed by atoms with van der Waals surface area (Å²) in [6, 6.07) is 14.4. The van der Waals surface area contributed by atoms with E-state index in [-0.39, 0.29) is 5.82 Å². The van der Waals surface area contributed by atoms with Crippen LogP contribution in [-0.4, -0.2) is 13.3 Å². The van der Waals surface area contributed by atoms with Crippen molar-refractivity contribution in [2.45, 2.75) is 12.8 Å². The van der Waals surface area contributed by atoms with Gasteiger partial charge in [0.25, 0.3) is 0 Å². The van der Waals surface area contributed by atoms with Crippen LogP contribution in [0.5, 0.6) is 0 Å². The molecule has 0 aromatic heterocycles. The van der Waals surface area contributed by atoms with E-state index < -0.39 is 0 Å². The number of hydrogen-bond donors (Lipinski definition) is 2. The number of nitrogens with one attached hydrogen (secondary N) is 2. The topological polar surface area (TPSA) is 59.7 Å². The molecule has 4 heteroatoms. The van der Waals surface area contributed by atoms with Gasteiger partial charge >= 0.3 is 0 Å². The number of allylic oxidation sites excluding steroid dienone is 1. The highest BCUT2D eigenvalue weighted by molar-refractivity contribution is 5.82. The molecule has 0 saturated carbocycles. The van der Waals surface area contributed by atoms with Crippen LogP contribution >= 0.6 is 0 Å². The summed E-state index contributed by atoms with van der Waals surface area (Å²) in [7, 11) is 1.75. The minimum absolute atomic E-state index is 0.288. The van der Waals surface area contributed by atoms with Crippen LogP contribution in [0.25, 0.3) is 5.70 Å². The van der Waals surface area contributed by atoms with E-state index in [9.17, 15) is 4.39 Å². The molecule has 2 aromatic rings. The lowest BCUT2D eigenvalue weighted by Gasteiger charge is -2.10. The van der Waals surface area contributed by atoms with Crippen molar-refractivity contribution in [2.24, 2.45) is 0 Å². The Balaban J connectivity index is 2.16. The zero-order chi connectivity index (χ0) is 16.7. The van der Waals surface area contributed by atoms with Gasteiger partial charge in [-0.2, -0.15) is 5.26 Å². The number of aryl methyl sites for hydroxylation is 2. The van der Waals surface area contributed by atoms with E-state index in [1.165, 1.54) is 18.3 Å². The Morgan fingerprint density at radius 1 is 1.17 bits per heavy atom. The molecule has 3 nitrogen and oxygen atoms in total. The maximum atomic E-state index is 13.8. The minimum Gasteiger partial charge on any atom is -0.388 e. The number of hydrogen-bond acceptors (Lipinski definition) is 3. The van der Waals surface area contributed by atoms with Gasteiger partial charge in [0.1, 0.15) is 5.82 Å². The molecular weight excluding hydrogens is 289 g/mol. The summed E-state index contributed by atoms with van der Waals surface area (Å²) in [6.45, 7) is 0. The standard InChI is InChI=1S/C19H18FN3/c1-23-19(8-9-21)17-10-16(11-18(20)12-17)7-4-14-2-5-15(13-22)6-3-14/h2-3,5-6,8-12,21,23H,4,7H2,1H3/b19-8-,21-9?. The first-order chi connectivity index (χ1) is 11.2. The molecule has 0 bridgehead atoms. The van der Waals surface area contributed by atoms with E-state index in [4.69, 9.17) is 10.7 Å². The number of nitriles is 1. The predicted octanol–water partition coefficient (Wildman–Crippen LogP) is 3.69. The van der Waals surface area contributed by atoms with Gasteiger partial charge in [-0.25, -0.2) is 4.39 Å². The molecule has 0 aliphatic carbocycles. The number of nitrogens with zero attached hydrogens (tertiary/aromatic N) is 1. The Morgan fingerprint density at radius 3 is 2.48 bits per heavy atom. The Kier molecular flexibility index (Phi) is 5.65. The molecule has 116 valence electrons. The summed E-state index contributed by atoms with van der Waals surface area (Å²) in [5.41, 5.74) is 4.08. The van der Waals surface area contributed by atoms with Crippen molar-refractivity contribution in [1.82, 2.24) is 5.32 Å². The second-order valence-electron chi connectivity index (χ2n) is 5.15. The average molecular weight is 307 g/mol. The van der Waals surface area contributed by atoms with Gasteiger partial charge in [-0.1, -0.05) is 12.1 Å². The third-order valence-electron chi connectivity index (χ3n) is 3.57. The van der Waals surface area contributed by atoms with Crippen LogP contribution in [0, 0.1) is 22.6 Å². The lowest BCUT2D eigenvalue weighted by atomic mass is 10.0. The smallest absolute Gasteiger partial charge is 0.124 e. The van der Waals surface area contributed by atoms with Crippen LogP contribution in [-0.2, 0) is 12.8 Å². The van der Waals surface area contributed by atoms with Crippen LogP contribution < -0.4 is 5.32 Å². The number of halogens is 1. The third-order valence-corrected chi connectivity index (χ3v) is 3.57. The first-order valence-corrected chi connectivity index (χ1v) is 7.33. The van der Waals surface area contributed by atoms with E-state index in [1.807, 2.05) is 18.2 Å². The molecule has 2 aromatic carbocycles. The van der Waals surface area contributed by atoms with Gasteiger partial charge in [-0.15, -0.1) is 0 Å². The fourth-order valence-corrected chi connectivity index (χ4v) is 2.39. The van der Waals surface area contributed by atoms with E-state index in [0.717, 1.165) is 23.1 Å². The van der Waals surface area contributed by atoms with Crippen molar-refractivity contribution in [1.29, 1.82) is 10.7 Å². The molecule has 0 saturated heterocycles. The molecule has 0 spiro atoms. The average Bonchev–Trinajstić information content (AvgIpc) is 2.57. The lowest BCUT2D eigenvalue weighted by Crippen LogP contribution is -2.06. The lowest BCUT2D eigenvalue weighted by molar-refractivity contribution is 0.624. The van der Waals surface area contributed by atoms with Crippen LogP contribution in [0.15, 0.2) is 48.5 Å². The first-order valence-electron chi connectivity index (χ1n) is 7.33. The quantitative estimate of drug-likeness (QED) is 0.800. The predicted molar refractivity (Wildman–Crippen MR) is 90.8 cm³/mol. The van der Waals surface area contributed by atoms with Crippen molar-refractivity contribution >= 4 is 11.9 Å². The fourth-order valence-electron chi connectivity index (χ4n) is 2.39. The summed E-state index contributed by atoms with van der Waals surface area (Å²) in [5, 5.41) is 18.9. The summed E-state index contributed by atoms with van der Waals surface area (Å²) < 4.78 is 13.8. The van der Waals surface area contributed by atoms with Crippen LogP contribution in [0.3, 0.4) is 0 Å². The van der Waals surface area contributed by atoms with Crippen molar-refractivity contribution < 1.29 is 4.39 Å². The van der Waals surface area contributed by atoms with Gasteiger partial charge in [0.15, 0.2) is 0 Å². The SMILES string of the molecule is CN/C(=C\C=N)c1cc(F)cc(CCc2ccc(C#N)cc2)c1. The molecule has 0 fully saturated rings. The molecule has 0 unspecified atom stereocenters. The summed E-state index contributed by atoms with van der Waals surface area (Å²) in [5.74, 6) is -0.288. The van der Waals surface area contributed by atoms with Gasteiger partial charge in [0.2, 0.25) is 0 Å². The van der Waals surface area contributed by atoms with Gasteiger partial charge in [0, 0.05) is 24.5 Å². The molecule has 2 rings (SSSR count). The van der Waals surface area contributed by atoms with E-state index in [0.29, 0.717) is 17.7 Å². The zero-order valence-electron chi connectivity index (χ0n) is 12.9. The highest BCUT2D eigenvalue weighted by atomic mass is 19.1. The molecule has 0 heterocycles. The molecular formula is C19H18FN3. The minimum atomic E-state index is -0.288. The Labute approximate surface area is 135 Å².